The quantitative estimate of drug-likeness (QED) is 0.242. The van der Waals surface area contributed by atoms with Crippen molar-refractivity contribution in [2.75, 3.05) is 32.8 Å². The third kappa shape index (κ3) is 11.4. The molecule has 0 atom stereocenters. The number of halogens is 1. The zero-order valence-electron chi connectivity index (χ0n) is 14.7. The van der Waals surface area contributed by atoms with E-state index in [0.717, 1.165) is 64.5 Å². The van der Waals surface area contributed by atoms with Crippen molar-refractivity contribution in [2.45, 2.75) is 39.5 Å². The van der Waals surface area contributed by atoms with Crippen LogP contribution in [0.25, 0.3) is 0 Å². The summed E-state index contributed by atoms with van der Waals surface area (Å²) in [5.41, 5.74) is 1.27. The maximum atomic E-state index is 5.33. The summed E-state index contributed by atoms with van der Waals surface area (Å²) >= 11 is 0. The van der Waals surface area contributed by atoms with Crippen molar-refractivity contribution in [3.63, 3.8) is 0 Å². The summed E-state index contributed by atoms with van der Waals surface area (Å²) in [5, 5.41) is 10.8. The fourth-order valence-corrected chi connectivity index (χ4v) is 2.10. The number of nitrogens with one attached hydrogen (secondary N) is 2. The summed E-state index contributed by atoms with van der Waals surface area (Å²) in [7, 11) is 1.94. The predicted octanol–water partition coefficient (Wildman–Crippen LogP) is 2.34. The molecule has 0 bridgehead atoms. The Morgan fingerprint density at radius 2 is 2.09 bits per heavy atom. The van der Waals surface area contributed by atoms with Gasteiger partial charge in [-0.15, -0.1) is 24.0 Å². The topological polar surface area (TPSA) is 63.5 Å². The summed E-state index contributed by atoms with van der Waals surface area (Å²) in [6, 6.07) is 0. The van der Waals surface area contributed by atoms with Crippen LogP contribution in [0.4, 0.5) is 0 Å². The molecule has 23 heavy (non-hydrogen) atoms. The largest absolute Gasteiger partial charge is 0.382 e. The number of hydrogen-bond acceptors (Lipinski definition) is 3. The van der Waals surface area contributed by atoms with Gasteiger partial charge < -0.3 is 15.4 Å². The second kappa shape index (κ2) is 14.7. The molecular weight excluding hydrogens is 405 g/mol. The Morgan fingerprint density at radius 3 is 2.74 bits per heavy atom. The molecule has 1 heterocycles. The maximum absolute atomic E-state index is 5.33. The first-order chi connectivity index (χ1) is 10.8. The molecule has 2 N–H and O–H groups in total. The van der Waals surface area contributed by atoms with Crippen molar-refractivity contribution in [1.29, 1.82) is 0 Å². The summed E-state index contributed by atoms with van der Waals surface area (Å²) in [5.74, 6) is 0.907. The Morgan fingerprint density at radius 1 is 1.26 bits per heavy atom. The SMILES string of the molecule is CCNC(=NCCCc1cnn(C)c1)NCCCCOCC.I. The summed E-state index contributed by atoms with van der Waals surface area (Å²) in [6.45, 7) is 8.39. The Bertz CT molecular complexity index is 422. The Labute approximate surface area is 157 Å². The smallest absolute Gasteiger partial charge is 0.191 e. The van der Waals surface area contributed by atoms with E-state index in [-0.39, 0.29) is 24.0 Å². The van der Waals surface area contributed by atoms with Crippen LogP contribution >= 0.6 is 24.0 Å². The zero-order chi connectivity index (χ0) is 16.0. The van der Waals surface area contributed by atoms with Crippen LogP contribution in [0.3, 0.4) is 0 Å². The van der Waals surface area contributed by atoms with Crippen molar-refractivity contribution < 1.29 is 4.74 Å². The highest BCUT2D eigenvalue weighted by atomic mass is 127. The zero-order valence-corrected chi connectivity index (χ0v) is 17.0. The number of hydrogen-bond donors (Lipinski definition) is 2. The van der Waals surface area contributed by atoms with E-state index in [1.807, 2.05) is 24.9 Å². The first kappa shape index (κ1) is 22.2. The van der Waals surface area contributed by atoms with Crippen LogP contribution in [0, 0.1) is 0 Å². The molecule has 0 aliphatic heterocycles. The van der Waals surface area contributed by atoms with Gasteiger partial charge in [0.05, 0.1) is 6.20 Å². The van der Waals surface area contributed by atoms with Crippen LogP contribution in [-0.2, 0) is 18.2 Å². The molecule has 0 fully saturated rings. The van der Waals surface area contributed by atoms with Crippen LogP contribution in [0.2, 0.25) is 0 Å². The van der Waals surface area contributed by atoms with Crippen LogP contribution < -0.4 is 10.6 Å². The van der Waals surface area contributed by atoms with Crippen LogP contribution in [0.15, 0.2) is 17.4 Å². The van der Waals surface area contributed by atoms with Gasteiger partial charge in [0.1, 0.15) is 0 Å². The summed E-state index contributed by atoms with van der Waals surface area (Å²) in [6.07, 6.45) is 8.22. The van der Waals surface area contributed by atoms with E-state index < -0.39 is 0 Å². The second-order valence-electron chi connectivity index (χ2n) is 5.22. The van der Waals surface area contributed by atoms with Crippen molar-refractivity contribution in [3.05, 3.63) is 18.0 Å². The molecule has 0 aliphatic rings. The normalized spacial score (nSPS) is 11.2. The monoisotopic (exact) mass is 437 g/mol. The van der Waals surface area contributed by atoms with Crippen molar-refractivity contribution in [2.24, 2.45) is 12.0 Å². The number of aromatic nitrogens is 2. The van der Waals surface area contributed by atoms with Crippen molar-refractivity contribution in [1.82, 2.24) is 20.4 Å². The lowest BCUT2D eigenvalue weighted by Crippen LogP contribution is -2.38. The van der Waals surface area contributed by atoms with Gasteiger partial charge in [0.2, 0.25) is 0 Å². The first-order valence-corrected chi connectivity index (χ1v) is 8.33. The molecule has 0 saturated heterocycles. The average molecular weight is 437 g/mol. The van der Waals surface area contributed by atoms with Crippen LogP contribution in [0.1, 0.15) is 38.7 Å². The lowest BCUT2D eigenvalue weighted by atomic mass is 10.2. The van der Waals surface area contributed by atoms with Crippen molar-refractivity contribution in [3.8, 4) is 0 Å². The number of rotatable bonds is 11. The van der Waals surface area contributed by atoms with E-state index >= 15 is 0 Å². The third-order valence-electron chi connectivity index (χ3n) is 3.21. The van der Waals surface area contributed by atoms with Gasteiger partial charge in [-0.25, -0.2) is 0 Å². The summed E-state index contributed by atoms with van der Waals surface area (Å²) < 4.78 is 7.17. The number of ether oxygens (including phenoxy) is 1. The molecule has 7 heteroatoms. The standard InChI is InChI=1S/C16H31N5O.HI/c1-4-17-16(18-10-6-7-12-22-5-2)19-11-8-9-15-13-20-21(3)14-15;/h13-14H,4-12H2,1-3H3,(H2,17,18,19);1H. The van der Waals surface area contributed by atoms with E-state index in [0.29, 0.717) is 0 Å². The number of aliphatic imine (C=N–C) groups is 1. The molecule has 0 aromatic carbocycles. The molecule has 1 rings (SSSR count). The Balaban J connectivity index is 0.00000484. The van der Waals surface area contributed by atoms with E-state index in [1.54, 1.807) is 0 Å². The molecule has 0 amide bonds. The minimum absolute atomic E-state index is 0. The third-order valence-corrected chi connectivity index (χ3v) is 3.21. The highest BCUT2D eigenvalue weighted by Crippen LogP contribution is 2.00. The highest BCUT2D eigenvalue weighted by molar-refractivity contribution is 14.0. The van der Waals surface area contributed by atoms with Crippen molar-refractivity contribution >= 4 is 29.9 Å². The minimum Gasteiger partial charge on any atom is -0.382 e. The van der Waals surface area contributed by atoms with Gasteiger partial charge in [-0.1, -0.05) is 0 Å². The maximum Gasteiger partial charge on any atom is 0.191 e. The van der Waals surface area contributed by atoms with E-state index in [4.69, 9.17) is 4.74 Å². The fourth-order valence-electron chi connectivity index (χ4n) is 2.10. The van der Waals surface area contributed by atoms with Gasteiger partial charge in [0.25, 0.3) is 0 Å². The number of guanidine groups is 1. The van der Waals surface area contributed by atoms with Gasteiger partial charge in [-0.2, -0.15) is 5.10 Å². The van der Waals surface area contributed by atoms with E-state index in [1.165, 1.54) is 5.56 Å². The number of unbranched alkanes of at least 4 members (excludes halogenated alkanes) is 1. The molecule has 1 aromatic heterocycles. The Kier molecular flexibility index (Phi) is 14.2. The highest BCUT2D eigenvalue weighted by Gasteiger charge is 1.98. The van der Waals surface area contributed by atoms with Crippen LogP contribution in [-0.4, -0.2) is 48.6 Å². The molecular formula is C16H32IN5O. The molecule has 1 aromatic rings. The van der Waals surface area contributed by atoms with E-state index in [9.17, 15) is 0 Å². The van der Waals surface area contributed by atoms with E-state index in [2.05, 4.69) is 33.8 Å². The van der Waals surface area contributed by atoms with Gasteiger partial charge in [-0.05, 0) is 45.1 Å². The first-order valence-electron chi connectivity index (χ1n) is 8.33. The molecule has 0 saturated carbocycles. The van der Waals surface area contributed by atoms with Crippen LogP contribution in [0.5, 0.6) is 0 Å². The number of nitrogens with zero attached hydrogens (tertiary/aromatic N) is 3. The average Bonchev–Trinajstić information content (AvgIpc) is 2.92. The molecule has 134 valence electrons. The Hall–Kier alpha value is -0.830. The second-order valence-corrected chi connectivity index (χ2v) is 5.22. The molecule has 0 spiro atoms. The molecule has 0 unspecified atom stereocenters. The van der Waals surface area contributed by atoms with Gasteiger partial charge >= 0.3 is 0 Å². The lowest BCUT2D eigenvalue weighted by Gasteiger charge is -2.11. The van der Waals surface area contributed by atoms with Gasteiger partial charge in [-0.3, -0.25) is 9.67 Å². The fraction of sp³-hybridized carbons (Fsp3) is 0.750. The summed E-state index contributed by atoms with van der Waals surface area (Å²) in [4.78, 5) is 4.61. The predicted molar refractivity (Wildman–Crippen MR) is 107 cm³/mol. The molecule has 0 radical (unpaired) electrons. The van der Waals surface area contributed by atoms with Gasteiger partial charge in [0.15, 0.2) is 5.96 Å². The molecule has 6 nitrogen and oxygen atoms in total. The number of aryl methyl sites for hydroxylation is 2. The lowest BCUT2D eigenvalue weighted by molar-refractivity contribution is 0.143. The van der Waals surface area contributed by atoms with Gasteiger partial charge in [0, 0.05) is 46.1 Å². The minimum atomic E-state index is 0. The molecule has 0 aliphatic carbocycles.